The van der Waals surface area contributed by atoms with E-state index in [2.05, 4.69) is 37.3 Å². The normalized spacial score (nSPS) is 13.8. The van der Waals surface area contributed by atoms with Crippen molar-refractivity contribution in [3.8, 4) is 5.75 Å². The summed E-state index contributed by atoms with van der Waals surface area (Å²) in [5, 5.41) is 7.62. The molecule has 0 aliphatic carbocycles. The number of hydrogen-bond donors (Lipinski definition) is 1. The standard InChI is InChI=1S/C24H24ClN7O3/c1-35-20-8-7-17(25)15-19(20)27-21(33)16-32-24(34)31-10-9-26-22(23(31)28-32)30-13-11-29(12-14-30)18-5-3-2-4-6-18/h2-10,15H,11-14,16H2,1H3,(H,27,33). The number of nitrogens with zero attached hydrogens (tertiary/aromatic N) is 6. The van der Waals surface area contributed by atoms with Crippen LogP contribution in [0.25, 0.3) is 5.65 Å². The highest BCUT2D eigenvalue weighted by molar-refractivity contribution is 6.31. The van der Waals surface area contributed by atoms with Crippen LogP contribution >= 0.6 is 11.6 Å². The Morgan fingerprint density at radius 1 is 1.09 bits per heavy atom. The molecule has 0 radical (unpaired) electrons. The maximum absolute atomic E-state index is 12.9. The summed E-state index contributed by atoms with van der Waals surface area (Å²) < 4.78 is 7.81. The average molecular weight is 494 g/mol. The maximum Gasteiger partial charge on any atom is 0.350 e. The topological polar surface area (TPSA) is 97.0 Å². The van der Waals surface area contributed by atoms with E-state index in [0.717, 1.165) is 30.9 Å². The number of ether oxygens (including phenoxy) is 1. The molecule has 1 aliphatic rings. The molecule has 180 valence electrons. The zero-order valence-corrected chi connectivity index (χ0v) is 19.9. The van der Waals surface area contributed by atoms with Crippen molar-refractivity contribution in [2.45, 2.75) is 6.54 Å². The van der Waals surface area contributed by atoms with E-state index < -0.39 is 11.6 Å². The third-order valence-corrected chi connectivity index (χ3v) is 6.15. The Morgan fingerprint density at radius 2 is 1.83 bits per heavy atom. The second kappa shape index (κ2) is 9.67. The summed E-state index contributed by atoms with van der Waals surface area (Å²) in [4.78, 5) is 34.6. The highest BCUT2D eigenvalue weighted by atomic mass is 35.5. The fraction of sp³-hybridized carbons (Fsp3) is 0.250. The fourth-order valence-corrected chi connectivity index (χ4v) is 4.35. The smallest absolute Gasteiger partial charge is 0.350 e. The van der Waals surface area contributed by atoms with Crippen LogP contribution in [0, 0.1) is 0 Å². The van der Waals surface area contributed by atoms with Crippen molar-refractivity contribution in [2.75, 3.05) is 48.4 Å². The fourth-order valence-electron chi connectivity index (χ4n) is 4.18. The summed E-state index contributed by atoms with van der Waals surface area (Å²) in [5.74, 6) is 0.654. The van der Waals surface area contributed by atoms with Crippen molar-refractivity contribution in [3.05, 3.63) is 76.4 Å². The summed E-state index contributed by atoms with van der Waals surface area (Å²) >= 11 is 6.04. The Labute approximate surface area is 206 Å². The zero-order valence-electron chi connectivity index (χ0n) is 19.1. The first-order chi connectivity index (χ1) is 17.0. The van der Waals surface area contributed by atoms with Gasteiger partial charge < -0.3 is 19.9 Å². The van der Waals surface area contributed by atoms with Gasteiger partial charge in [0.25, 0.3) is 0 Å². The molecule has 1 fully saturated rings. The van der Waals surface area contributed by atoms with E-state index >= 15 is 0 Å². The second-order valence-corrected chi connectivity index (χ2v) is 8.52. The predicted octanol–water partition coefficient (Wildman–Crippen LogP) is 2.52. The van der Waals surface area contributed by atoms with Gasteiger partial charge in [0.05, 0.1) is 12.8 Å². The zero-order chi connectivity index (χ0) is 24.4. The number of para-hydroxylation sites is 1. The Morgan fingerprint density at radius 3 is 2.57 bits per heavy atom. The van der Waals surface area contributed by atoms with Crippen LogP contribution in [0.4, 0.5) is 17.2 Å². The molecule has 2 aromatic heterocycles. The van der Waals surface area contributed by atoms with Gasteiger partial charge in [-0.2, -0.15) is 0 Å². The first kappa shape index (κ1) is 22.7. The minimum Gasteiger partial charge on any atom is -0.495 e. The molecule has 4 aromatic rings. The van der Waals surface area contributed by atoms with Crippen molar-refractivity contribution in [3.63, 3.8) is 0 Å². The number of halogens is 1. The monoisotopic (exact) mass is 493 g/mol. The highest BCUT2D eigenvalue weighted by Crippen LogP contribution is 2.27. The lowest BCUT2D eigenvalue weighted by Gasteiger charge is -2.36. The molecule has 5 rings (SSSR count). The second-order valence-electron chi connectivity index (χ2n) is 8.09. The quantitative estimate of drug-likeness (QED) is 0.441. The Hall–Kier alpha value is -4.05. The van der Waals surface area contributed by atoms with Crippen LogP contribution in [0.5, 0.6) is 5.75 Å². The number of methoxy groups -OCH3 is 1. The number of amides is 1. The van der Waals surface area contributed by atoms with Crippen LogP contribution in [0.15, 0.2) is 65.7 Å². The lowest BCUT2D eigenvalue weighted by molar-refractivity contribution is -0.117. The third kappa shape index (κ3) is 4.65. The van der Waals surface area contributed by atoms with E-state index in [4.69, 9.17) is 16.3 Å². The van der Waals surface area contributed by atoms with Crippen LogP contribution in [0.1, 0.15) is 0 Å². The summed E-state index contributed by atoms with van der Waals surface area (Å²) in [6.07, 6.45) is 3.14. The van der Waals surface area contributed by atoms with E-state index in [1.807, 2.05) is 18.2 Å². The molecule has 1 saturated heterocycles. The first-order valence-corrected chi connectivity index (χ1v) is 11.5. The number of benzene rings is 2. The van der Waals surface area contributed by atoms with Gasteiger partial charge in [-0.25, -0.2) is 18.9 Å². The molecule has 11 heteroatoms. The van der Waals surface area contributed by atoms with Gasteiger partial charge in [-0.3, -0.25) is 4.79 Å². The molecule has 0 saturated carbocycles. The van der Waals surface area contributed by atoms with Crippen molar-refractivity contribution in [2.24, 2.45) is 0 Å². The van der Waals surface area contributed by atoms with E-state index in [1.54, 1.807) is 30.6 Å². The lowest BCUT2D eigenvalue weighted by atomic mass is 10.2. The number of carbonyl (C=O) groups excluding carboxylic acids is 1. The number of carbonyl (C=O) groups is 1. The molecule has 3 heterocycles. The molecule has 1 amide bonds. The molecule has 0 bridgehead atoms. The van der Waals surface area contributed by atoms with Crippen molar-refractivity contribution in [1.82, 2.24) is 19.2 Å². The molecule has 1 N–H and O–H groups in total. The largest absolute Gasteiger partial charge is 0.495 e. The minimum absolute atomic E-state index is 0.266. The number of nitrogens with one attached hydrogen (secondary N) is 1. The number of anilines is 3. The maximum atomic E-state index is 12.9. The molecule has 0 atom stereocenters. The van der Waals surface area contributed by atoms with Crippen molar-refractivity contribution < 1.29 is 9.53 Å². The van der Waals surface area contributed by atoms with Gasteiger partial charge in [-0.1, -0.05) is 29.8 Å². The number of aromatic nitrogens is 4. The van der Waals surface area contributed by atoms with Gasteiger partial charge in [0.15, 0.2) is 5.82 Å². The predicted molar refractivity (Wildman–Crippen MR) is 135 cm³/mol. The summed E-state index contributed by atoms with van der Waals surface area (Å²) in [7, 11) is 1.50. The number of fused-ring (bicyclic) bond motifs is 1. The van der Waals surface area contributed by atoms with Crippen LogP contribution in [-0.2, 0) is 11.3 Å². The molecule has 10 nitrogen and oxygen atoms in total. The van der Waals surface area contributed by atoms with Crippen LogP contribution < -0.4 is 25.5 Å². The molecule has 0 unspecified atom stereocenters. The highest BCUT2D eigenvalue weighted by Gasteiger charge is 2.23. The molecular formula is C24H24ClN7O3. The van der Waals surface area contributed by atoms with E-state index in [-0.39, 0.29) is 6.54 Å². The van der Waals surface area contributed by atoms with Gasteiger partial charge in [-0.05, 0) is 30.3 Å². The van der Waals surface area contributed by atoms with Crippen LogP contribution in [0.2, 0.25) is 5.02 Å². The molecule has 35 heavy (non-hydrogen) atoms. The van der Waals surface area contributed by atoms with Crippen molar-refractivity contribution in [1.29, 1.82) is 0 Å². The van der Waals surface area contributed by atoms with Gasteiger partial charge >= 0.3 is 5.69 Å². The Kier molecular flexibility index (Phi) is 6.28. The van der Waals surface area contributed by atoms with E-state index in [1.165, 1.54) is 17.2 Å². The van der Waals surface area contributed by atoms with Gasteiger partial charge in [-0.15, -0.1) is 5.10 Å². The van der Waals surface area contributed by atoms with Gasteiger partial charge in [0.2, 0.25) is 11.6 Å². The molecular weight excluding hydrogens is 470 g/mol. The Bertz CT molecular complexity index is 1410. The van der Waals surface area contributed by atoms with E-state index in [0.29, 0.717) is 27.9 Å². The first-order valence-electron chi connectivity index (χ1n) is 11.2. The van der Waals surface area contributed by atoms with E-state index in [9.17, 15) is 9.59 Å². The van der Waals surface area contributed by atoms with Gasteiger partial charge in [0, 0.05) is 49.3 Å². The lowest BCUT2D eigenvalue weighted by Crippen LogP contribution is -2.47. The number of piperazine rings is 1. The summed E-state index contributed by atoms with van der Waals surface area (Å²) in [6, 6.07) is 15.2. The summed E-state index contributed by atoms with van der Waals surface area (Å²) in [5.41, 5.74) is 1.60. The SMILES string of the molecule is COc1ccc(Cl)cc1NC(=O)Cn1nc2c(N3CCN(c4ccccc4)CC3)nccn2c1=O. The third-order valence-electron chi connectivity index (χ3n) is 5.91. The van der Waals surface area contributed by atoms with Crippen LogP contribution in [-0.4, -0.2) is 58.4 Å². The van der Waals surface area contributed by atoms with Crippen molar-refractivity contribution >= 4 is 40.3 Å². The number of rotatable bonds is 6. The van der Waals surface area contributed by atoms with Crippen LogP contribution in [0.3, 0.4) is 0 Å². The summed E-state index contributed by atoms with van der Waals surface area (Å²) in [6.45, 7) is 2.84. The Balaban J connectivity index is 1.34. The molecule has 0 spiro atoms. The average Bonchev–Trinajstić information content (AvgIpc) is 3.20. The molecule has 1 aliphatic heterocycles. The number of hydrogen-bond acceptors (Lipinski definition) is 7. The van der Waals surface area contributed by atoms with Gasteiger partial charge in [0.1, 0.15) is 12.3 Å². The minimum atomic E-state index is -0.429. The molecule has 2 aromatic carbocycles.